The average Bonchev–Trinajstić information content (AvgIpc) is 2.94. The molecule has 0 aliphatic carbocycles. The third-order valence-corrected chi connectivity index (χ3v) is 6.73. The monoisotopic (exact) mass is 408 g/mol. The van der Waals surface area contributed by atoms with Crippen LogP contribution in [0.1, 0.15) is 41.6 Å². The molecule has 28 heavy (non-hydrogen) atoms. The summed E-state index contributed by atoms with van der Waals surface area (Å²) in [6, 6.07) is 7.17. The van der Waals surface area contributed by atoms with E-state index in [0.29, 0.717) is 24.7 Å². The topological polar surface area (TPSA) is 66.5 Å². The first-order valence-corrected chi connectivity index (χ1v) is 10.6. The molecule has 1 N–H and O–H groups in total. The number of halogens is 2. The van der Waals surface area contributed by atoms with E-state index in [1.807, 2.05) is 0 Å². The maximum absolute atomic E-state index is 13.8. The van der Waals surface area contributed by atoms with Crippen molar-refractivity contribution in [2.75, 3.05) is 18.4 Å². The number of amides is 1. The molecule has 0 atom stereocenters. The maximum Gasteiger partial charge on any atom is 0.256 e. The molecule has 2 aromatic carbocycles. The van der Waals surface area contributed by atoms with Crippen LogP contribution in [0, 0.1) is 18.6 Å². The summed E-state index contributed by atoms with van der Waals surface area (Å²) in [5.74, 6) is -2.31. The molecule has 3 rings (SSSR count). The summed E-state index contributed by atoms with van der Waals surface area (Å²) in [6.45, 7) is 2.58. The molecule has 5 nitrogen and oxygen atoms in total. The maximum atomic E-state index is 13.8. The van der Waals surface area contributed by atoms with Gasteiger partial charge in [0.25, 0.3) is 5.91 Å². The summed E-state index contributed by atoms with van der Waals surface area (Å²) >= 11 is 0. The van der Waals surface area contributed by atoms with Gasteiger partial charge < -0.3 is 5.32 Å². The van der Waals surface area contributed by atoms with Crippen LogP contribution < -0.4 is 5.32 Å². The molecule has 0 radical (unpaired) electrons. The van der Waals surface area contributed by atoms with Crippen molar-refractivity contribution in [2.24, 2.45) is 0 Å². The van der Waals surface area contributed by atoms with Crippen LogP contribution >= 0.6 is 0 Å². The Kier molecular flexibility index (Phi) is 6.10. The molecule has 1 amide bonds. The zero-order chi connectivity index (χ0) is 20.3. The highest BCUT2D eigenvalue weighted by Crippen LogP contribution is 2.24. The first kappa shape index (κ1) is 20.4. The largest absolute Gasteiger partial charge is 0.319 e. The first-order chi connectivity index (χ1) is 13.3. The van der Waals surface area contributed by atoms with Gasteiger partial charge in [0.15, 0.2) is 0 Å². The molecular formula is C20H22F2N2O3S. The molecule has 0 aromatic heterocycles. The van der Waals surface area contributed by atoms with Gasteiger partial charge in [0.2, 0.25) is 10.0 Å². The van der Waals surface area contributed by atoms with Gasteiger partial charge >= 0.3 is 0 Å². The van der Waals surface area contributed by atoms with Crippen LogP contribution in [0.25, 0.3) is 0 Å². The van der Waals surface area contributed by atoms with Crippen molar-refractivity contribution >= 4 is 21.6 Å². The van der Waals surface area contributed by atoms with Gasteiger partial charge in [-0.15, -0.1) is 0 Å². The first-order valence-electron chi connectivity index (χ1n) is 9.16. The molecule has 1 saturated heterocycles. The number of hydrogen-bond donors (Lipinski definition) is 1. The fourth-order valence-corrected chi connectivity index (χ4v) is 4.76. The number of carbonyl (C=O) groups excluding carboxylic acids is 1. The smallest absolute Gasteiger partial charge is 0.256 e. The van der Waals surface area contributed by atoms with Gasteiger partial charge in [-0.05, 0) is 49.6 Å². The molecule has 1 heterocycles. The molecule has 0 spiro atoms. The standard InChI is InChI=1S/C20H22F2N2O3S/c1-14-6-8-16(28(26,27)24-10-4-2-3-5-11-24)13-17(14)20(25)23-19-9-7-15(21)12-18(19)22/h6-9,12-13H,2-5,10-11H2,1H3,(H,23,25). The molecule has 1 aliphatic heterocycles. The number of rotatable bonds is 4. The molecule has 1 aliphatic rings. The minimum atomic E-state index is -3.72. The normalized spacial score (nSPS) is 15.8. The van der Waals surface area contributed by atoms with Crippen LogP contribution in [-0.2, 0) is 10.0 Å². The number of nitrogens with zero attached hydrogens (tertiary/aromatic N) is 1. The van der Waals surface area contributed by atoms with E-state index in [9.17, 15) is 22.0 Å². The Bertz CT molecular complexity index is 985. The Morgan fingerprint density at radius 1 is 1.00 bits per heavy atom. The molecule has 0 unspecified atom stereocenters. The van der Waals surface area contributed by atoms with Crippen molar-refractivity contribution in [3.05, 3.63) is 59.2 Å². The van der Waals surface area contributed by atoms with E-state index in [-0.39, 0.29) is 16.1 Å². The van der Waals surface area contributed by atoms with Crippen molar-refractivity contribution < 1.29 is 22.0 Å². The summed E-state index contributed by atoms with van der Waals surface area (Å²) < 4.78 is 54.2. The SMILES string of the molecule is Cc1ccc(S(=O)(=O)N2CCCCCC2)cc1C(=O)Nc1ccc(F)cc1F. The third-order valence-electron chi connectivity index (χ3n) is 4.84. The van der Waals surface area contributed by atoms with Crippen LogP contribution in [0.5, 0.6) is 0 Å². The second kappa shape index (κ2) is 8.36. The summed E-state index contributed by atoms with van der Waals surface area (Å²) in [4.78, 5) is 12.6. The number of aryl methyl sites for hydroxylation is 1. The van der Waals surface area contributed by atoms with Gasteiger partial charge in [-0.2, -0.15) is 4.31 Å². The highest BCUT2D eigenvalue weighted by Gasteiger charge is 2.26. The van der Waals surface area contributed by atoms with Crippen molar-refractivity contribution in [1.82, 2.24) is 4.31 Å². The van der Waals surface area contributed by atoms with Crippen molar-refractivity contribution in [3.63, 3.8) is 0 Å². The lowest BCUT2D eigenvalue weighted by Crippen LogP contribution is -2.32. The number of anilines is 1. The van der Waals surface area contributed by atoms with E-state index >= 15 is 0 Å². The zero-order valence-corrected chi connectivity index (χ0v) is 16.4. The van der Waals surface area contributed by atoms with Crippen LogP contribution in [0.4, 0.5) is 14.5 Å². The number of hydrogen-bond acceptors (Lipinski definition) is 3. The van der Waals surface area contributed by atoms with E-state index in [1.165, 1.54) is 16.4 Å². The molecule has 1 fully saturated rings. The Morgan fingerprint density at radius 2 is 1.68 bits per heavy atom. The van der Waals surface area contributed by atoms with E-state index in [0.717, 1.165) is 37.8 Å². The lowest BCUT2D eigenvalue weighted by atomic mass is 10.1. The van der Waals surface area contributed by atoms with Gasteiger partial charge in [-0.25, -0.2) is 17.2 Å². The third kappa shape index (κ3) is 4.39. The average molecular weight is 408 g/mol. The fraction of sp³-hybridized carbons (Fsp3) is 0.350. The molecule has 8 heteroatoms. The van der Waals surface area contributed by atoms with Crippen LogP contribution in [0.15, 0.2) is 41.3 Å². The van der Waals surface area contributed by atoms with E-state index in [1.54, 1.807) is 13.0 Å². The molecule has 0 saturated carbocycles. The number of nitrogens with one attached hydrogen (secondary N) is 1. The van der Waals surface area contributed by atoms with E-state index in [2.05, 4.69) is 5.32 Å². The molecule has 150 valence electrons. The van der Waals surface area contributed by atoms with Gasteiger partial charge in [-0.3, -0.25) is 4.79 Å². The fourth-order valence-electron chi connectivity index (χ4n) is 3.22. The predicted molar refractivity (Wildman–Crippen MR) is 103 cm³/mol. The Balaban J connectivity index is 1.89. The molecular weight excluding hydrogens is 386 g/mol. The number of benzene rings is 2. The summed E-state index contributed by atoms with van der Waals surface area (Å²) in [5.41, 5.74) is 0.501. The van der Waals surface area contributed by atoms with Crippen molar-refractivity contribution in [1.29, 1.82) is 0 Å². The zero-order valence-electron chi connectivity index (χ0n) is 15.5. The van der Waals surface area contributed by atoms with Gasteiger partial charge in [0.05, 0.1) is 10.6 Å². The quantitative estimate of drug-likeness (QED) is 0.829. The van der Waals surface area contributed by atoms with Gasteiger partial charge in [0.1, 0.15) is 11.6 Å². The Labute approximate surface area is 163 Å². The summed E-state index contributed by atoms with van der Waals surface area (Å²) in [6.07, 6.45) is 3.61. The highest BCUT2D eigenvalue weighted by atomic mass is 32.2. The van der Waals surface area contributed by atoms with Crippen molar-refractivity contribution in [2.45, 2.75) is 37.5 Å². The van der Waals surface area contributed by atoms with Gasteiger partial charge in [-0.1, -0.05) is 18.9 Å². The summed E-state index contributed by atoms with van der Waals surface area (Å²) in [7, 11) is -3.72. The van der Waals surface area contributed by atoms with E-state index < -0.39 is 27.6 Å². The minimum absolute atomic E-state index is 0.0322. The van der Waals surface area contributed by atoms with Crippen LogP contribution in [0.3, 0.4) is 0 Å². The van der Waals surface area contributed by atoms with Gasteiger partial charge in [0, 0.05) is 24.7 Å². The predicted octanol–water partition coefficient (Wildman–Crippen LogP) is 4.09. The molecule has 2 aromatic rings. The second-order valence-electron chi connectivity index (χ2n) is 6.87. The Hall–Kier alpha value is -2.32. The lowest BCUT2D eigenvalue weighted by Gasteiger charge is -2.20. The number of sulfonamides is 1. The minimum Gasteiger partial charge on any atom is -0.319 e. The highest BCUT2D eigenvalue weighted by molar-refractivity contribution is 7.89. The summed E-state index contributed by atoms with van der Waals surface area (Å²) in [5, 5.41) is 2.37. The number of carbonyl (C=O) groups is 1. The Morgan fingerprint density at radius 3 is 2.32 bits per heavy atom. The van der Waals surface area contributed by atoms with Crippen LogP contribution in [0.2, 0.25) is 0 Å². The molecule has 0 bridgehead atoms. The lowest BCUT2D eigenvalue weighted by molar-refractivity contribution is 0.102. The second-order valence-corrected chi connectivity index (χ2v) is 8.81. The van der Waals surface area contributed by atoms with E-state index in [4.69, 9.17) is 0 Å². The van der Waals surface area contributed by atoms with Crippen molar-refractivity contribution in [3.8, 4) is 0 Å². The van der Waals surface area contributed by atoms with Crippen LogP contribution in [-0.4, -0.2) is 31.7 Å².